The van der Waals surface area contributed by atoms with E-state index in [4.69, 9.17) is 4.84 Å². The smallest absolute Gasteiger partial charge is 0.0933 e. The van der Waals surface area contributed by atoms with Crippen molar-refractivity contribution in [2.24, 2.45) is 5.92 Å². The zero-order valence-corrected chi connectivity index (χ0v) is 9.82. The van der Waals surface area contributed by atoms with Gasteiger partial charge in [-0.15, -0.1) is 0 Å². The minimum Gasteiger partial charge on any atom is -0.297 e. The van der Waals surface area contributed by atoms with Crippen LogP contribution < -0.4 is 5.48 Å². The molecule has 0 aliphatic heterocycles. The van der Waals surface area contributed by atoms with E-state index < -0.39 is 0 Å². The molecule has 2 nitrogen and oxygen atoms in total. The molecule has 0 heterocycles. The molecule has 1 aliphatic rings. The first kappa shape index (κ1) is 11.6. The maximum Gasteiger partial charge on any atom is 0.0933 e. The van der Waals surface area contributed by atoms with Gasteiger partial charge in [-0.1, -0.05) is 56.0 Å². The van der Waals surface area contributed by atoms with Gasteiger partial charge in [0.1, 0.15) is 0 Å². The van der Waals surface area contributed by atoms with E-state index >= 15 is 0 Å². The molecule has 2 rings (SSSR count). The largest absolute Gasteiger partial charge is 0.297 e. The lowest BCUT2D eigenvalue weighted by atomic mass is 10.1. The highest BCUT2D eigenvalue weighted by atomic mass is 16.6. The predicted octanol–water partition coefficient (Wildman–Crippen LogP) is 3.29. The highest BCUT2D eigenvalue weighted by Crippen LogP contribution is 2.26. The first-order valence-electron chi connectivity index (χ1n) is 6.34. The molecular formula is C14H21NO. The summed E-state index contributed by atoms with van der Waals surface area (Å²) in [6.45, 7) is 1.64. The summed E-state index contributed by atoms with van der Waals surface area (Å²) in [4.78, 5) is 5.43. The number of rotatable bonds is 6. The predicted molar refractivity (Wildman–Crippen MR) is 65.8 cm³/mol. The molecule has 1 N–H and O–H groups in total. The molecule has 0 unspecified atom stereocenters. The van der Waals surface area contributed by atoms with Crippen LogP contribution in [0.2, 0.25) is 0 Å². The van der Waals surface area contributed by atoms with Crippen molar-refractivity contribution in [2.45, 2.75) is 38.7 Å². The number of benzene rings is 1. The fourth-order valence-electron chi connectivity index (χ4n) is 2.34. The second-order valence-electron chi connectivity index (χ2n) is 4.61. The summed E-state index contributed by atoms with van der Waals surface area (Å²) in [6.07, 6.45) is 6.95. The van der Waals surface area contributed by atoms with Crippen LogP contribution >= 0.6 is 0 Å². The average Bonchev–Trinajstić information content (AvgIpc) is 2.83. The van der Waals surface area contributed by atoms with Crippen molar-refractivity contribution < 1.29 is 4.84 Å². The third kappa shape index (κ3) is 3.95. The molecule has 0 saturated heterocycles. The van der Waals surface area contributed by atoms with Crippen molar-refractivity contribution in [2.75, 3.05) is 6.54 Å². The molecule has 0 bridgehead atoms. The van der Waals surface area contributed by atoms with Crippen LogP contribution in [0.1, 0.15) is 37.7 Å². The number of hydrogen-bond donors (Lipinski definition) is 1. The monoisotopic (exact) mass is 219 g/mol. The Balaban J connectivity index is 1.52. The van der Waals surface area contributed by atoms with Crippen LogP contribution in [0, 0.1) is 5.92 Å². The van der Waals surface area contributed by atoms with E-state index in [1.165, 1.54) is 37.7 Å². The Morgan fingerprint density at radius 2 is 1.88 bits per heavy atom. The maximum absolute atomic E-state index is 5.43. The topological polar surface area (TPSA) is 21.3 Å². The molecule has 1 fully saturated rings. The quantitative estimate of drug-likeness (QED) is 0.585. The Kier molecular flexibility index (Phi) is 4.84. The lowest BCUT2D eigenvalue weighted by Crippen LogP contribution is -2.17. The van der Waals surface area contributed by atoms with Crippen molar-refractivity contribution in [3.63, 3.8) is 0 Å². The fourth-order valence-corrected chi connectivity index (χ4v) is 2.34. The molecule has 1 saturated carbocycles. The second-order valence-corrected chi connectivity index (χ2v) is 4.61. The summed E-state index contributed by atoms with van der Waals surface area (Å²) in [5, 5.41) is 0. The molecule has 2 heteroatoms. The minimum atomic E-state index is 0.658. The van der Waals surface area contributed by atoms with Gasteiger partial charge in [0, 0.05) is 6.54 Å². The van der Waals surface area contributed by atoms with Crippen LogP contribution in [-0.4, -0.2) is 6.54 Å². The van der Waals surface area contributed by atoms with Crippen LogP contribution in [0.4, 0.5) is 0 Å². The van der Waals surface area contributed by atoms with Gasteiger partial charge >= 0.3 is 0 Å². The van der Waals surface area contributed by atoms with Crippen LogP contribution in [0.15, 0.2) is 30.3 Å². The van der Waals surface area contributed by atoms with E-state index in [-0.39, 0.29) is 0 Å². The molecule has 1 aliphatic carbocycles. The highest BCUT2D eigenvalue weighted by Gasteiger charge is 2.13. The van der Waals surface area contributed by atoms with Gasteiger partial charge in [0.2, 0.25) is 0 Å². The van der Waals surface area contributed by atoms with Crippen molar-refractivity contribution in [1.82, 2.24) is 5.48 Å². The van der Waals surface area contributed by atoms with Gasteiger partial charge in [0.05, 0.1) is 6.61 Å². The first-order valence-corrected chi connectivity index (χ1v) is 6.34. The Hall–Kier alpha value is -0.860. The first-order chi connectivity index (χ1) is 7.95. The molecule has 1 aromatic carbocycles. The molecule has 0 amide bonds. The van der Waals surface area contributed by atoms with Crippen molar-refractivity contribution in [3.05, 3.63) is 35.9 Å². The van der Waals surface area contributed by atoms with Crippen molar-refractivity contribution >= 4 is 0 Å². The third-order valence-corrected chi connectivity index (χ3v) is 3.31. The van der Waals surface area contributed by atoms with E-state index in [2.05, 4.69) is 17.6 Å². The van der Waals surface area contributed by atoms with Gasteiger partial charge < -0.3 is 0 Å². The van der Waals surface area contributed by atoms with E-state index in [9.17, 15) is 0 Å². The summed E-state index contributed by atoms with van der Waals surface area (Å²) in [6, 6.07) is 10.3. The average molecular weight is 219 g/mol. The lowest BCUT2D eigenvalue weighted by molar-refractivity contribution is 0.0253. The number of hydroxylamine groups is 1. The van der Waals surface area contributed by atoms with E-state index in [0.717, 1.165) is 12.5 Å². The van der Waals surface area contributed by atoms with Crippen LogP contribution in [-0.2, 0) is 11.4 Å². The zero-order valence-electron chi connectivity index (χ0n) is 9.82. The normalized spacial score (nSPS) is 16.8. The Labute approximate surface area is 98.0 Å². The SMILES string of the molecule is c1ccc(CONCCC2CCCC2)cc1. The fraction of sp³-hybridized carbons (Fsp3) is 0.571. The second kappa shape index (κ2) is 6.66. The number of hydrogen-bond acceptors (Lipinski definition) is 2. The van der Waals surface area contributed by atoms with Crippen LogP contribution in [0.25, 0.3) is 0 Å². The molecule has 1 aromatic rings. The molecular weight excluding hydrogens is 198 g/mol. The van der Waals surface area contributed by atoms with E-state index in [1.54, 1.807) is 0 Å². The molecule has 16 heavy (non-hydrogen) atoms. The summed E-state index contributed by atoms with van der Waals surface area (Å²) in [7, 11) is 0. The van der Waals surface area contributed by atoms with Gasteiger partial charge in [-0.05, 0) is 17.9 Å². The molecule has 0 spiro atoms. The summed E-state index contributed by atoms with van der Waals surface area (Å²) in [5.74, 6) is 0.938. The Morgan fingerprint density at radius 3 is 2.62 bits per heavy atom. The van der Waals surface area contributed by atoms with Gasteiger partial charge in [-0.25, -0.2) is 5.48 Å². The molecule has 0 radical (unpaired) electrons. The maximum atomic E-state index is 5.43. The Morgan fingerprint density at radius 1 is 1.12 bits per heavy atom. The van der Waals surface area contributed by atoms with Crippen LogP contribution in [0.3, 0.4) is 0 Å². The van der Waals surface area contributed by atoms with Crippen molar-refractivity contribution in [1.29, 1.82) is 0 Å². The van der Waals surface area contributed by atoms with Crippen molar-refractivity contribution in [3.8, 4) is 0 Å². The van der Waals surface area contributed by atoms with Gasteiger partial charge in [0.15, 0.2) is 0 Å². The summed E-state index contributed by atoms with van der Waals surface area (Å²) < 4.78 is 0. The Bertz CT molecular complexity index is 280. The van der Waals surface area contributed by atoms with Gasteiger partial charge in [0.25, 0.3) is 0 Å². The highest BCUT2D eigenvalue weighted by molar-refractivity contribution is 5.13. The van der Waals surface area contributed by atoms with Crippen LogP contribution in [0.5, 0.6) is 0 Å². The molecule has 88 valence electrons. The zero-order chi connectivity index (χ0) is 11.1. The lowest BCUT2D eigenvalue weighted by Gasteiger charge is -2.09. The van der Waals surface area contributed by atoms with Gasteiger partial charge in [-0.2, -0.15) is 0 Å². The summed E-state index contributed by atoms with van der Waals surface area (Å²) >= 11 is 0. The number of nitrogens with one attached hydrogen (secondary N) is 1. The standard InChI is InChI=1S/C14H21NO/c1-2-8-14(9-3-1)12-16-15-11-10-13-6-4-5-7-13/h1-3,8-9,13,15H,4-7,10-12H2. The molecule has 0 aromatic heterocycles. The van der Waals surface area contributed by atoms with Gasteiger partial charge in [-0.3, -0.25) is 4.84 Å². The third-order valence-electron chi connectivity index (χ3n) is 3.31. The van der Waals surface area contributed by atoms with E-state index in [1.807, 2.05) is 18.2 Å². The van der Waals surface area contributed by atoms with E-state index in [0.29, 0.717) is 6.61 Å². The summed E-state index contributed by atoms with van der Waals surface area (Å²) in [5.41, 5.74) is 4.28. The molecule has 0 atom stereocenters. The minimum absolute atomic E-state index is 0.658.